The predicted molar refractivity (Wildman–Crippen MR) is 68.7 cm³/mol. The number of sulfonamides is 1. The van der Waals surface area contributed by atoms with Gasteiger partial charge in [0.05, 0.1) is 19.4 Å². The maximum atomic E-state index is 12.0. The zero-order valence-electron chi connectivity index (χ0n) is 11.3. The second-order valence-corrected chi connectivity index (χ2v) is 6.77. The summed E-state index contributed by atoms with van der Waals surface area (Å²) in [4.78, 5) is 13.7. The quantitative estimate of drug-likeness (QED) is 0.673. The van der Waals surface area contributed by atoms with Crippen LogP contribution in [0.3, 0.4) is 0 Å². The molecule has 1 atom stereocenters. The van der Waals surface area contributed by atoms with Gasteiger partial charge in [-0.1, -0.05) is 0 Å². The summed E-state index contributed by atoms with van der Waals surface area (Å²) in [6.07, 6.45) is 2.06. The van der Waals surface area contributed by atoms with Crippen molar-refractivity contribution in [3.63, 3.8) is 0 Å². The van der Waals surface area contributed by atoms with E-state index < -0.39 is 10.0 Å². The van der Waals surface area contributed by atoms with E-state index in [-0.39, 0.29) is 12.5 Å². The Morgan fingerprint density at radius 2 is 2.11 bits per heavy atom. The van der Waals surface area contributed by atoms with Crippen molar-refractivity contribution in [1.82, 2.24) is 9.21 Å². The van der Waals surface area contributed by atoms with Gasteiger partial charge in [0, 0.05) is 32.7 Å². The zero-order chi connectivity index (χ0) is 13.8. The van der Waals surface area contributed by atoms with Crippen molar-refractivity contribution < 1.29 is 17.9 Å². The molecule has 7 heteroatoms. The lowest BCUT2D eigenvalue weighted by Crippen LogP contribution is -2.42. The van der Waals surface area contributed by atoms with Gasteiger partial charge in [-0.25, -0.2) is 8.42 Å². The number of carbonyl (C=O) groups is 1. The van der Waals surface area contributed by atoms with Crippen LogP contribution in [0.1, 0.15) is 13.3 Å². The highest BCUT2D eigenvalue weighted by atomic mass is 32.2. The van der Waals surface area contributed by atoms with Gasteiger partial charge in [0.2, 0.25) is 15.9 Å². The third-order valence-corrected chi connectivity index (χ3v) is 4.42. The van der Waals surface area contributed by atoms with Gasteiger partial charge < -0.3 is 9.64 Å². The fraction of sp³-hybridized carbons (Fsp3) is 0.909. The highest BCUT2D eigenvalue weighted by Crippen LogP contribution is 2.14. The highest BCUT2D eigenvalue weighted by Gasteiger charge is 2.23. The molecule has 1 amide bonds. The van der Waals surface area contributed by atoms with Crippen LogP contribution in [0.25, 0.3) is 0 Å². The maximum absolute atomic E-state index is 12.0. The molecule has 1 aliphatic rings. The third-order valence-electron chi connectivity index (χ3n) is 3.16. The van der Waals surface area contributed by atoms with Gasteiger partial charge in [0.1, 0.15) is 0 Å². The molecule has 6 nitrogen and oxygen atoms in total. The minimum atomic E-state index is -3.31. The fourth-order valence-electron chi connectivity index (χ4n) is 1.85. The number of rotatable bonds is 6. The number of carbonyl (C=O) groups excluding carboxylic acids is 1. The van der Waals surface area contributed by atoms with Crippen LogP contribution in [0.5, 0.6) is 0 Å². The molecule has 0 spiro atoms. The van der Waals surface area contributed by atoms with Crippen LogP contribution in [0, 0.1) is 5.92 Å². The van der Waals surface area contributed by atoms with Crippen LogP contribution in [0.15, 0.2) is 0 Å². The molecule has 106 valence electrons. The molecule has 0 aromatic rings. The molecule has 1 saturated heterocycles. The molecule has 0 radical (unpaired) electrons. The van der Waals surface area contributed by atoms with Crippen molar-refractivity contribution in [2.24, 2.45) is 5.92 Å². The van der Waals surface area contributed by atoms with Crippen LogP contribution in [-0.2, 0) is 19.6 Å². The standard InChI is InChI=1S/C11H22N2O4S/c1-4-13(7-10-5-6-17-9-10)11(14)8-12(2)18(3,15)16/h10H,4-9H2,1-3H3/t10-/m0/s1. The second-order valence-electron chi connectivity index (χ2n) is 4.68. The Kier molecular flexibility index (Phi) is 5.55. The Morgan fingerprint density at radius 1 is 1.44 bits per heavy atom. The Bertz CT molecular complexity index is 377. The first-order valence-electron chi connectivity index (χ1n) is 6.11. The normalized spacial score (nSPS) is 20.3. The van der Waals surface area contributed by atoms with Crippen molar-refractivity contribution in [3.05, 3.63) is 0 Å². The van der Waals surface area contributed by atoms with Crippen molar-refractivity contribution in [1.29, 1.82) is 0 Å². The van der Waals surface area contributed by atoms with Crippen LogP contribution in [-0.4, -0.2) is 69.7 Å². The van der Waals surface area contributed by atoms with E-state index in [0.717, 1.165) is 23.6 Å². The number of ether oxygens (including phenoxy) is 1. The summed E-state index contributed by atoms with van der Waals surface area (Å²) in [5.41, 5.74) is 0. The molecular formula is C11H22N2O4S. The Morgan fingerprint density at radius 3 is 2.56 bits per heavy atom. The van der Waals surface area contributed by atoms with Crippen LogP contribution >= 0.6 is 0 Å². The molecule has 1 rings (SSSR count). The predicted octanol–water partition coefficient (Wildman–Crippen LogP) is -0.237. The fourth-order valence-corrected chi connectivity index (χ4v) is 2.20. The smallest absolute Gasteiger partial charge is 0.237 e. The van der Waals surface area contributed by atoms with Gasteiger partial charge in [0.25, 0.3) is 0 Å². The first kappa shape index (κ1) is 15.4. The number of likely N-dealkylation sites (N-methyl/N-ethyl adjacent to an activating group) is 2. The van der Waals surface area contributed by atoms with Crippen LogP contribution in [0.4, 0.5) is 0 Å². The van der Waals surface area contributed by atoms with E-state index >= 15 is 0 Å². The van der Waals surface area contributed by atoms with Gasteiger partial charge in [-0.3, -0.25) is 4.79 Å². The van der Waals surface area contributed by atoms with Gasteiger partial charge in [-0.15, -0.1) is 0 Å². The van der Waals surface area contributed by atoms with Crippen molar-refractivity contribution in [3.8, 4) is 0 Å². The van der Waals surface area contributed by atoms with E-state index in [9.17, 15) is 13.2 Å². The summed E-state index contributed by atoms with van der Waals surface area (Å²) in [6.45, 7) is 4.47. The number of hydrogen-bond acceptors (Lipinski definition) is 4. The average molecular weight is 278 g/mol. The minimum absolute atomic E-state index is 0.0970. The highest BCUT2D eigenvalue weighted by molar-refractivity contribution is 7.88. The molecule has 0 saturated carbocycles. The molecule has 1 aliphatic heterocycles. The van der Waals surface area contributed by atoms with E-state index in [1.54, 1.807) is 4.90 Å². The molecule has 0 bridgehead atoms. The largest absolute Gasteiger partial charge is 0.381 e. The molecule has 18 heavy (non-hydrogen) atoms. The summed E-state index contributed by atoms with van der Waals surface area (Å²) in [6, 6.07) is 0. The molecule has 0 aliphatic carbocycles. The molecule has 0 aromatic carbocycles. The Hall–Kier alpha value is -0.660. The zero-order valence-corrected chi connectivity index (χ0v) is 12.1. The molecule has 0 aromatic heterocycles. The molecule has 1 heterocycles. The van der Waals surface area contributed by atoms with Crippen molar-refractivity contribution >= 4 is 15.9 Å². The van der Waals surface area contributed by atoms with Crippen molar-refractivity contribution in [2.75, 3.05) is 46.2 Å². The number of amides is 1. The minimum Gasteiger partial charge on any atom is -0.381 e. The molecular weight excluding hydrogens is 256 g/mol. The van der Waals surface area contributed by atoms with Crippen molar-refractivity contribution in [2.45, 2.75) is 13.3 Å². The summed E-state index contributed by atoms with van der Waals surface area (Å²) >= 11 is 0. The molecule has 1 fully saturated rings. The number of nitrogens with zero attached hydrogens (tertiary/aromatic N) is 2. The van der Waals surface area contributed by atoms with E-state index in [1.807, 2.05) is 6.92 Å². The first-order chi connectivity index (χ1) is 8.34. The summed E-state index contributed by atoms with van der Waals surface area (Å²) in [5.74, 6) is 0.217. The van der Waals surface area contributed by atoms with E-state index in [1.165, 1.54) is 7.05 Å². The molecule has 0 N–H and O–H groups in total. The van der Waals surface area contributed by atoms with E-state index in [2.05, 4.69) is 0 Å². The summed E-state index contributed by atoms with van der Waals surface area (Å²) < 4.78 is 28.9. The van der Waals surface area contributed by atoms with E-state index in [0.29, 0.717) is 25.6 Å². The SMILES string of the molecule is CCN(C[C@@H]1CCOC1)C(=O)CN(C)S(C)(=O)=O. The van der Waals surface area contributed by atoms with Gasteiger partial charge in [-0.05, 0) is 13.3 Å². The Labute approximate surface area is 109 Å². The summed E-state index contributed by atoms with van der Waals surface area (Å²) in [5, 5.41) is 0. The van der Waals surface area contributed by atoms with Gasteiger partial charge in [-0.2, -0.15) is 4.31 Å². The summed E-state index contributed by atoms with van der Waals surface area (Å²) in [7, 11) is -1.89. The van der Waals surface area contributed by atoms with Gasteiger partial charge in [0.15, 0.2) is 0 Å². The van der Waals surface area contributed by atoms with Crippen LogP contribution < -0.4 is 0 Å². The lowest BCUT2D eigenvalue weighted by atomic mass is 10.1. The third kappa shape index (κ3) is 4.55. The van der Waals surface area contributed by atoms with E-state index in [4.69, 9.17) is 4.74 Å². The molecule has 0 unspecified atom stereocenters. The first-order valence-corrected chi connectivity index (χ1v) is 7.96. The number of hydrogen-bond donors (Lipinski definition) is 0. The monoisotopic (exact) mass is 278 g/mol. The Balaban J connectivity index is 2.51. The average Bonchev–Trinajstić information content (AvgIpc) is 2.76. The van der Waals surface area contributed by atoms with Crippen LogP contribution in [0.2, 0.25) is 0 Å². The topological polar surface area (TPSA) is 66.9 Å². The maximum Gasteiger partial charge on any atom is 0.237 e. The van der Waals surface area contributed by atoms with Gasteiger partial charge >= 0.3 is 0 Å². The lowest BCUT2D eigenvalue weighted by Gasteiger charge is -2.25. The lowest BCUT2D eigenvalue weighted by molar-refractivity contribution is -0.131. The second kappa shape index (κ2) is 6.49.